The summed E-state index contributed by atoms with van der Waals surface area (Å²) in [5.74, 6) is -0.0668. The van der Waals surface area contributed by atoms with Crippen molar-refractivity contribution in [1.82, 2.24) is 4.90 Å². The van der Waals surface area contributed by atoms with Gasteiger partial charge in [0.2, 0.25) is 0 Å². The quantitative estimate of drug-likeness (QED) is 0.705. The molecular weight excluding hydrogens is 384 g/mol. The lowest BCUT2D eigenvalue weighted by molar-refractivity contribution is -0.929. The fourth-order valence-electron chi connectivity index (χ4n) is 5.76. The number of piperidine rings is 1. The maximum Gasteiger partial charge on any atom is 0.259 e. The van der Waals surface area contributed by atoms with Gasteiger partial charge in [-0.3, -0.25) is 4.79 Å². The average Bonchev–Trinajstić information content (AvgIpc) is 3.35. The van der Waals surface area contributed by atoms with Gasteiger partial charge in [0.1, 0.15) is 6.54 Å². The van der Waals surface area contributed by atoms with Crippen LogP contribution in [0.25, 0.3) is 0 Å². The van der Waals surface area contributed by atoms with Crippen LogP contribution >= 0.6 is 0 Å². The Labute approximate surface area is 187 Å². The lowest BCUT2D eigenvalue weighted by Gasteiger charge is -2.45. The molecule has 1 amide bonds. The van der Waals surface area contributed by atoms with Gasteiger partial charge in [-0.15, -0.1) is 0 Å². The Morgan fingerprint density at radius 3 is 2.06 bits per heavy atom. The predicted octanol–water partition coefficient (Wildman–Crippen LogP) is 4.33. The van der Waals surface area contributed by atoms with E-state index in [1.165, 1.54) is 5.56 Å². The first kappa shape index (κ1) is 22.0. The molecule has 2 fully saturated rings. The van der Waals surface area contributed by atoms with Crippen molar-refractivity contribution in [2.45, 2.75) is 56.7 Å². The van der Waals surface area contributed by atoms with Crippen LogP contribution in [0.5, 0.6) is 0 Å². The zero-order valence-corrected chi connectivity index (χ0v) is 19.0. The van der Waals surface area contributed by atoms with Crippen molar-refractivity contribution in [1.29, 1.82) is 0 Å². The Kier molecular flexibility index (Phi) is 6.49. The molecule has 0 spiro atoms. The summed E-state index contributed by atoms with van der Waals surface area (Å²) in [5.41, 5.74) is 0.721. The number of hydrogen-bond acceptors (Lipinski definition) is 2. The number of carbonyl (C=O) groups is 1. The zero-order valence-electron chi connectivity index (χ0n) is 19.0. The number of carbonyl (C=O) groups excluding carboxylic acids is 1. The summed E-state index contributed by atoms with van der Waals surface area (Å²) in [6.07, 6.45) is 5.99. The molecule has 2 aliphatic rings. The summed E-state index contributed by atoms with van der Waals surface area (Å²) >= 11 is 0. The number of hydrogen-bond donors (Lipinski definition) is 1. The van der Waals surface area contributed by atoms with E-state index in [-0.39, 0.29) is 11.8 Å². The van der Waals surface area contributed by atoms with Crippen LogP contribution < -0.4 is 0 Å². The maximum absolute atomic E-state index is 13.7. The third-order valence-corrected chi connectivity index (χ3v) is 7.66. The van der Waals surface area contributed by atoms with Crippen molar-refractivity contribution in [2.75, 3.05) is 27.2 Å². The Bertz CT molecular complexity index is 853. The van der Waals surface area contributed by atoms with E-state index in [1.807, 2.05) is 35.2 Å². The van der Waals surface area contributed by atoms with Crippen molar-refractivity contribution in [3.63, 3.8) is 0 Å². The van der Waals surface area contributed by atoms with E-state index in [2.05, 4.69) is 44.4 Å². The molecule has 166 valence electrons. The molecule has 0 bridgehead atoms. The van der Waals surface area contributed by atoms with E-state index in [4.69, 9.17) is 0 Å². The molecule has 1 aliphatic carbocycles. The highest BCUT2D eigenvalue weighted by Gasteiger charge is 2.49. The average molecular weight is 422 g/mol. The van der Waals surface area contributed by atoms with Crippen molar-refractivity contribution in [2.24, 2.45) is 5.92 Å². The fraction of sp³-hybridized carbons (Fsp3) is 0.519. The monoisotopic (exact) mass is 421 g/mol. The standard InChI is InChI=1S/C27H37N2O2/c1-29(2,21-22-11-5-3-6-12-22)25-17-19-28(20-18-25)26(30)27(31,24-15-9-10-16-24)23-13-7-4-8-14-23/h3-8,11-14,24-25,31H,9-10,15-21H2,1-2H3/q+1/t27-/m0/s1. The summed E-state index contributed by atoms with van der Waals surface area (Å²) in [5, 5.41) is 11.8. The first-order chi connectivity index (χ1) is 14.9. The van der Waals surface area contributed by atoms with Gasteiger partial charge in [0.15, 0.2) is 5.60 Å². The van der Waals surface area contributed by atoms with Crippen LogP contribution in [-0.2, 0) is 16.9 Å². The highest BCUT2D eigenvalue weighted by atomic mass is 16.3. The van der Waals surface area contributed by atoms with E-state index in [9.17, 15) is 9.90 Å². The van der Waals surface area contributed by atoms with Gasteiger partial charge in [-0.05, 0) is 18.4 Å². The van der Waals surface area contributed by atoms with E-state index in [0.29, 0.717) is 6.04 Å². The van der Waals surface area contributed by atoms with Crippen molar-refractivity contribution >= 4 is 5.91 Å². The van der Waals surface area contributed by atoms with E-state index in [0.717, 1.165) is 68.2 Å². The largest absolute Gasteiger partial charge is 0.375 e. The number of quaternary nitrogens is 1. The second kappa shape index (κ2) is 9.13. The van der Waals surface area contributed by atoms with Gasteiger partial charge in [0, 0.05) is 37.4 Å². The molecule has 1 atom stereocenters. The molecule has 4 nitrogen and oxygen atoms in total. The third-order valence-electron chi connectivity index (χ3n) is 7.66. The smallest absolute Gasteiger partial charge is 0.259 e. The highest BCUT2D eigenvalue weighted by Crippen LogP contribution is 2.42. The van der Waals surface area contributed by atoms with Crippen LogP contribution in [0, 0.1) is 5.92 Å². The third kappa shape index (κ3) is 4.56. The Morgan fingerprint density at radius 2 is 1.48 bits per heavy atom. The van der Waals surface area contributed by atoms with Crippen molar-refractivity contribution < 1.29 is 14.4 Å². The minimum Gasteiger partial charge on any atom is -0.375 e. The van der Waals surface area contributed by atoms with Crippen LogP contribution in [0.15, 0.2) is 60.7 Å². The number of aliphatic hydroxyl groups is 1. The molecule has 4 heteroatoms. The Hall–Kier alpha value is -2.17. The predicted molar refractivity (Wildman–Crippen MR) is 124 cm³/mol. The highest BCUT2D eigenvalue weighted by molar-refractivity contribution is 5.87. The molecule has 0 radical (unpaired) electrons. The first-order valence-electron chi connectivity index (χ1n) is 11.8. The molecule has 1 heterocycles. The van der Waals surface area contributed by atoms with Crippen LogP contribution in [0.1, 0.15) is 49.7 Å². The van der Waals surface area contributed by atoms with E-state index >= 15 is 0 Å². The second-order valence-electron chi connectivity index (χ2n) is 10.1. The lowest BCUT2D eigenvalue weighted by atomic mass is 9.78. The molecule has 1 saturated heterocycles. The molecule has 1 aliphatic heterocycles. The molecule has 1 N–H and O–H groups in total. The topological polar surface area (TPSA) is 40.5 Å². The summed E-state index contributed by atoms with van der Waals surface area (Å²) in [4.78, 5) is 15.7. The van der Waals surface area contributed by atoms with Gasteiger partial charge in [-0.1, -0.05) is 73.5 Å². The van der Waals surface area contributed by atoms with Gasteiger partial charge < -0.3 is 14.5 Å². The molecular formula is C27H37N2O2+. The fourth-order valence-corrected chi connectivity index (χ4v) is 5.76. The van der Waals surface area contributed by atoms with Gasteiger partial charge in [-0.25, -0.2) is 0 Å². The zero-order chi connectivity index (χ0) is 21.9. The number of likely N-dealkylation sites (tertiary alicyclic amines) is 1. The van der Waals surface area contributed by atoms with Crippen LogP contribution in [0.4, 0.5) is 0 Å². The minimum absolute atomic E-state index is 0.0189. The van der Waals surface area contributed by atoms with Crippen LogP contribution in [0.3, 0.4) is 0 Å². The number of rotatable bonds is 6. The SMILES string of the molecule is C[N+](C)(Cc1ccccc1)C1CCN(C(=O)[C@](O)(c2ccccc2)C2CCCC2)CC1. The van der Waals surface area contributed by atoms with Crippen LogP contribution in [0.2, 0.25) is 0 Å². The molecule has 2 aromatic carbocycles. The van der Waals surface area contributed by atoms with Crippen molar-refractivity contribution in [3.05, 3.63) is 71.8 Å². The van der Waals surface area contributed by atoms with E-state index < -0.39 is 5.60 Å². The summed E-state index contributed by atoms with van der Waals surface area (Å²) < 4.78 is 0.928. The van der Waals surface area contributed by atoms with Gasteiger partial charge >= 0.3 is 0 Å². The normalized spacial score (nSPS) is 20.5. The molecule has 4 rings (SSSR count). The van der Waals surface area contributed by atoms with Gasteiger partial charge in [0.25, 0.3) is 5.91 Å². The number of amides is 1. The molecule has 31 heavy (non-hydrogen) atoms. The minimum atomic E-state index is -1.39. The maximum atomic E-state index is 13.7. The lowest BCUT2D eigenvalue weighted by Crippen LogP contribution is -2.57. The van der Waals surface area contributed by atoms with Gasteiger partial charge in [0.05, 0.1) is 20.1 Å². The first-order valence-corrected chi connectivity index (χ1v) is 11.8. The summed E-state index contributed by atoms with van der Waals surface area (Å²) in [6, 6.07) is 20.8. The van der Waals surface area contributed by atoms with Crippen molar-refractivity contribution in [3.8, 4) is 0 Å². The number of nitrogens with zero attached hydrogens (tertiary/aromatic N) is 2. The second-order valence-corrected chi connectivity index (χ2v) is 10.1. The van der Waals surface area contributed by atoms with Crippen LogP contribution in [-0.4, -0.2) is 53.6 Å². The summed E-state index contributed by atoms with van der Waals surface area (Å²) in [7, 11) is 4.60. The van der Waals surface area contributed by atoms with E-state index in [1.54, 1.807) is 0 Å². The van der Waals surface area contributed by atoms with Gasteiger partial charge in [-0.2, -0.15) is 0 Å². The summed E-state index contributed by atoms with van der Waals surface area (Å²) in [6.45, 7) is 2.44. The molecule has 1 saturated carbocycles. The molecule has 2 aromatic rings. The molecule has 0 unspecified atom stereocenters. The Balaban J connectivity index is 1.46. The molecule has 0 aromatic heterocycles. The Morgan fingerprint density at radius 1 is 0.935 bits per heavy atom. The number of benzene rings is 2.